The quantitative estimate of drug-likeness (QED) is 0.330. The van der Waals surface area contributed by atoms with Crippen LogP contribution in [-0.2, 0) is 10.2 Å². The predicted molar refractivity (Wildman–Crippen MR) is 157 cm³/mol. The second kappa shape index (κ2) is 10.1. The number of hydrogen-bond donors (Lipinski definition) is 0. The lowest BCUT2D eigenvalue weighted by molar-refractivity contribution is -0.122. The molecule has 1 fully saturated rings. The van der Waals surface area contributed by atoms with Crippen LogP contribution in [0.5, 0.6) is 0 Å². The first kappa shape index (κ1) is 25.1. The van der Waals surface area contributed by atoms with Crippen LogP contribution < -0.4 is 4.90 Å². The van der Waals surface area contributed by atoms with Crippen LogP contribution in [0, 0.1) is 6.92 Å². The average molecular weight is 508 g/mol. The van der Waals surface area contributed by atoms with Gasteiger partial charge in [0.25, 0.3) is 5.91 Å². The number of carbonyl (C=O) groups excluding carboxylic acids is 1. The highest BCUT2D eigenvalue weighted by Crippen LogP contribution is 2.49. The summed E-state index contributed by atoms with van der Waals surface area (Å²) in [5.74, 6) is 0.0120. The van der Waals surface area contributed by atoms with Gasteiger partial charge >= 0.3 is 0 Å². The molecule has 2 heterocycles. The van der Waals surface area contributed by atoms with E-state index in [9.17, 15) is 4.79 Å². The van der Waals surface area contributed by atoms with Crippen molar-refractivity contribution in [3.63, 3.8) is 0 Å². The first-order valence-corrected chi connectivity index (χ1v) is 13.7. The number of amides is 1. The number of nitrogens with zero attached hydrogens (tertiary/aromatic N) is 3. The molecule has 37 heavy (non-hydrogen) atoms. The van der Waals surface area contributed by atoms with Crippen LogP contribution in [0.25, 0.3) is 11.1 Å². The summed E-state index contributed by atoms with van der Waals surface area (Å²) < 4.78 is 0. The Morgan fingerprint density at radius 3 is 2.24 bits per heavy atom. The molecule has 0 saturated carbocycles. The van der Waals surface area contributed by atoms with E-state index in [4.69, 9.17) is 4.99 Å². The van der Waals surface area contributed by atoms with Crippen LogP contribution in [0.4, 0.5) is 11.4 Å². The number of likely N-dealkylation sites (N-methyl/N-ethyl adjacent to an activating group) is 2. The maximum absolute atomic E-state index is 13.2. The Morgan fingerprint density at radius 1 is 0.865 bits per heavy atom. The van der Waals surface area contributed by atoms with Gasteiger partial charge in [0, 0.05) is 29.9 Å². The van der Waals surface area contributed by atoms with Crippen molar-refractivity contribution in [2.45, 2.75) is 40.0 Å². The van der Waals surface area contributed by atoms with E-state index in [0.29, 0.717) is 11.4 Å². The van der Waals surface area contributed by atoms with Crippen molar-refractivity contribution in [2.75, 3.05) is 18.0 Å². The van der Waals surface area contributed by atoms with Gasteiger partial charge in [0.15, 0.2) is 5.17 Å². The predicted octanol–water partition coefficient (Wildman–Crippen LogP) is 7.83. The minimum atomic E-state index is -0.192. The zero-order chi connectivity index (χ0) is 26.2. The molecule has 0 N–H and O–H groups in total. The topological polar surface area (TPSA) is 35.9 Å². The molecule has 3 aromatic carbocycles. The van der Waals surface area contributed by atoms with Crippen molar-refractivity contribution < 1.29 is 4.79 Å². The van der Waals surface area contributed by atoms with E-state index in [2.05, 4.69) is 81.1 Å². The number of anilines is 1. The monoisotopic (exact) mass is 507 g/mol. The fourth-order valence-corrected chi connectivity index (χ4v) is 6.10. The lowest BCUT2D eigenvalue weighted by atomic mass is 9.82. The fraction of sp³-hybridized carbons (Fsp3) is 0.250. The van der Waals surface area contributed by atoms with E-state index >= 15 is 0 Å². The molecule has 0 atom stereocenters. The number of thioether (sulfide) groups is 1. The molecule has 1 saturated heterocycles. The Morgan fingerprint density at radius 2 is 1.57 bits per heavy atom. The van der Waals surface area contributed by atoms with Crippen LogP contribution in [-0.4, -0.2) is 29.1 Å². The van der Waals surface area contributed by atoms with E-state index in [0.717, 1.165) is 17.4 Å². The Balaban J connectivity index is 1.49. The highest BCUT2D eigenvalue weighted by molar-refractivity contribution is 8.18. The third kappa shape index (κ3) is 4.64. The standard InChI is InChI=1S/C32H33N3OS/c1-6-34-27-18-15-24(23-11-9-8-10-12-23)21-26(27)32(4,5)29(34)20-19-28-30(36)35(7-2)31(37-28)33-25-16-13-22(3)14-17-25/h8-21H,6-7H2,1-5H3/b28-19+,29-20-,33-31?. The number of carbonyl (C=O) groups is 1. The van der Waals surface area contributed by atoms with Gasteiger partial charge in [0.1, 0.15) is 0 Å². The van der Waals surface area contributed by atoms with Crippen molar-refractivity contribution in [1.82, 2.24) is 4.90 Å². The van der Waals surface area contributed by atoms with Gasteiger partial charge in [-0.1, -0.05) is 67.9 Å². The van der Waals surface area contributed by atoms with E-state index in [1.165, 1.54) is 45.4 Å². The summed E-state index contributed by atoms with van der Waals surface area (Å²) in [6, 6.07) is 25.3. The molecule has 2 aliphatic rings. The largest absolute Gasteiger partial charge is 0.344 e. The van der Waals surface area contributed by atoms with Gasteiger partial charge in [-0.25, -0.2) is 4.99 Å². The van der Waals surface area contributed by atoms with Crippen LogP contribution in [0.1, 0.15) is 38.8 Å². The Kier molecular flexibility index (Phi) is 6.82. The van der Waals surface area contributed by atoms with Crippen molar-refractivity contribution in [2.24, 2.45) is 4.99 Å². The molecular weight excluding hydrogens is 474 g/mol. The van der Waals surface area contributed by atoms with E-state index in [-0.39, 0.29) is 11.3 Å². The fourth-order valence-electron chi connectivity index (χ4n) is 5.10. The SMILES string of the molecule is CCN1C(=O)/C(=C\C=C2/N(CC)c3ccc(-c4ccccc4)cc3C2(C)C)SC1=Nc1ccc(C)cc1. The molecule has 0 aromatic heterocycles. The van der Waals surface area contributed by atoms with E-state index < -0.39 is 0 Å². The molecule has 0 spiro atoms. The van der Waals surface area contributed by atoms with Crippen molar-refractivity contribution in [3.05, 3.63) is 107 Å². The van der Waals surface area contributed by atoms with Gasteiger partial charge in [0.2, 0.25) is 0 Å². The lowest BCUT2D eigenvalue weighted by Crippen LogP contribution is -2.28. The molecule has 4 nitrogen and oxygen atoms in total. The minimum Gasteiger partial charge on any atom is -0.344 e. The smallest absolute Gasteiger partial charge is 0.266 e. The van der Waals surface area contributed by atoms with Crippen LogP contribution in [0.3, 0.4) is 0 Å². The van der Waals surface area contributed by atoms with Crippen LogP contribution >= 0.6 is 11.8 Å². The van der Waals surface area contributed by atoms with Crippen molar-refractivity contribution in [1.29, 1.82) is 0 Å². The number of amidine groups is 1. The molecule has 0 aliphatic carbocycles. The zero-order valence-electron chi connectivity index (χ0n) is 22.2. The Bertz CT molecular complexity index is 1420. The number of aryl methyl sites for hydroxylation is 1. The second-order valence-electron chi connectivity index (χ2n) is 9.93. The number of hydrogen-bond acceptors (Lipinski definition) is 4. The number of rotatable bonds is 5. The third-order valence-electron chi connectivity index (χ3n) is 7.17. The molecule has 2 aliphatic heterocycles. The summed E-state index contributed by atoms with van der Waals surface area (Å²) in [4.78, 5) is 22.8. The number of benzene rings is 3. The molecule has 5 heteroatoms. The van der Waals surface area contributed by atoms with Crippen molar-refractivity contribution in [3.8, 4) is 11.1 Å². The molecule has 0 bridgehead atoms. The van der Waals surface area contributed by atoms with E-state index in [1.807, 2.05) is 43.3 Å². The number of allylic oxidation sites excluding steroid dienone is 3. The summed E-state index contributed by atoms with van der Waals surface area (Å²) in [6.45, 7) is 12.2. The molecule has 0 unspecified atom stereocenters. The first-order chi connectivity index (χ1) is 17.8. The molecule has 5 rings (SSSR count). The minimum absolute atomic E-state index is 0.0120. The van der Waals surface area contributed by atoms with Gasteiger partial charge in [-0.15, -0.1) is 0 Å². The summed E-state index contributed by atoms with van der Waals surface area (Å²) in [7, 11) is 0. The van der Waals surface area contributed by atoms with Crippen LogP contribution in [0.15, 0.2) is 101 Å². The zero-order valence-corrected chi connectivity index (χ0v) is 23.0. The maximum atomic E-state index is 13.2. The average Bonchev–Trinajstić information content (AvgIpc) is 3.32. The van der Waals surface area contributed by atoms with Crippen LogP contribution in [0.2, 0.25) is 0 Å². The third-order valence-corrected chi connectivity index (χ3v) is 8.20. The molecular formula is C32H33N3OS. The highest BCUT2D eigenvalue weighted by atomic mass is 32.2. The van der Waals surface area contributed by atoms with Gasteiger partial charge in [0.05, 0.1) is 10.6 Å². The summed E-state index contributed by atoms with van der Waals surface area (Å²) in [5, 5.41) is 0.731. The molecule has 1 amide bonds. The van der Waals surface area contributed by atoms with Gasteiger partial charge in [-0.05, 0) is 85.6 Å². The molecule has 188 valence electrons. The highest BCUT2D eigenvalue weighted by Gasteiger charge is 2.40. The molecule has 3 aromatic rings. The van der Waals surface area contributed by atoms with Gasteiger partial charge < -0.3 is 4.90 Å². The molecule has 0 radical (unpaired) electrons. The normalized spacial score (nSPS) is 19.9. The summed E-state index contributed by atoms with van der Waals surface area (Å²) in [5.41, 5.74) is 8.04. The lowest BCUT2D eigenvalue weighted by Gasteiger charge is -2.25. The van der Waals surface area contributed by atoms with Gasteiger partial charge in [-0.3, -0.25) is 9.69 Å². The van der Waals surface area contributed by atoms with Gasteiger partial charge in [-0.2, -0.15) is 0 Å². The summed E-state index contributed by atoms with van der Waals surface area (Å²) in [6.07, 6.45) is 4.12. The summed E-state index contributed by atoms with van der Waals surface area (Å²) >= 11 is 1.45. The van der Waals surface area contributed by atoms with E-state index in [1.54, 1.807) is 4.90 Å². The number of fused-ring (bicyclic) bond motifs is 1. The van der Waals surface area contributed by atoms with Crippen molar-refractivity contribution >= 4 is 34.2 Å². The second-order valence-corrected chi connectivity index (χ2v) is 10.9. The Hall–Kier alpha value is -3.57. The first-order valence-electron chi connectivity index (χ1n) is 12.9. The maximum Gasteiger partial charge on any atom is 0.266 e. The number of aliphatic imine (C=N–C) groups is 1. The Labute approximate surface area is 224 Å².